The molecule has 0 radical (unpaired) electrons. The molecule has 4 aliphatic rings. The molecule has 2 saturated heterocycles. The van der Waals surface area contributed by atoms with E-state index >= 15 is 0 Å². The Morgan fingerprint density at radius 2 is 0.571 bits per heavy atom. The summed E-state index contributed by atoms with van der Waals surface area (Å²) in [5, 5.41) is 33.5. The van der Waals surface area contributed by atoms with Gasteiger partial charge in [0.05, 0.1) is 26.3 Å². The largest absolute Gasteiger partial charge is 1.00 e. The second-order valence-corrected chi connectivity index (χ2v) is 45.4. The van der Waals surface area contributed by atoms with E-state index in [-0.39, 0.29) is 154 Å². The van der Waals surface area contributed by atoms with Gasteiger partial charge in [-0.3, -0.25) is 19.4 Å². The van der Waals surface area contributed by atoms with Crippen LogP contribution in [0.2, 0.25) is 16.4 Å². The molecule has 2 spiro atoms. The number of fused-ring (bicyclic) bond motifs is 2. The van der Waals surface area contributed by atoms with Gasteiger partial charge in [0.1, 0.15) is 24.7 Å². The Bertz CT molecular complexity index is 5740. The summed E-state index contributed by atoms with van der Waals surface area (Å²) in [4.78, 5) is 36.1. The van der Waals surface area contributed by atoms with E-state index in [1.807, 2.05) is 44.2 Å². The zero-order valence-corrected chi connectivity index (χ0v) is 99.3. The summed E-state index contributed by atoms with van der Waals surface area (Å²) in [5.41, 5.74) is 9.27. The Labute approximate surface area is 989 Å². The molecule has 0 atom stereocenters. The van der Waals surface area contributed by atoms with Crippen LogP contribution in [0.1, 0.15) is 66.6 Å². The van der Waals surface area contributed by atoms with Gasteiger partial charge in [-0.15, -0.1) is 0 Å². The van der Waals surface area contributed by atoms with Crippen molar-refractivity contribution in [3.05, 3.63) is 490 Å². The molecule has 2 fully saturated rings. The van der Waals surface area contributed by atoms with Crippen molar-refractivity contribution >= 4 is 160 Å². The molecule has 2 heterocycles. The monoisotopic (exact) mass is 2270 g/mol. The fourth-order valence-corrected chi connectivity index (χ4v) is 27.9. The van der Waals surface area contributed by atoms with Gasteiger partial charge in [0.25, 0.3) is 0 Å². The van der Waals surface area contributed by atoms with Crippen LogP contribution < -0.4 is 189 Å². The third-order valence-electron chi connectivity index (χ3n) is 24.1. The Morgan fingerprint density at radius 1 is 0.354 bits per heavy atom. The minimum atomic E-state index is -4.49. The summed E-state index contributed by atoms with van der Waals surface area (Å²) in [6, 6.07) is 154. The molecule has 20 rings (SSSR count). The third-order valence-corrected chi connectivity index (χ3v) is 35.1. The maximum absolute atomic E-state index is 11.7. The number of ether oxygens (including phenoxy) is 4. The van der Waals surface area contributed by atoms with Crippen molar-refractivity contribution in [3.8, 4) is 11.5 Å². The number of rotatable bonds is 26. The van der Waals surface area contributed by atoms with Crippen molar-refractivity contribution in [1.82, 2.24) is 9.80 Å². The Morgan fingerprint density at radius 3 is 0.776 bits per heavy atom. The molecule has 16 aromatic rings. The van der Waals surface area contributed by atoms with Crippen LogP contribution in [0.4, 0.5) is 17.7 Å². The van der Waals surface area contributed by atoms with E-state index in [0.717, 1.165) is 97.3 Å². The van der Waals surface area contributed by atoms with Crippen molar-refractivity contribution in [2.24, 2.45) is 10.8 Å². The molecule has 2 aliphatic carbocycles. The molecule has 0 saturated carbocycles. The SMILES string of the molecule is CCOC(=O)CN1CC2(Cc3ccc(OCc4ccc(Br)cc4Cl)cc3C2)C1.CCOC(=O)CN1CC2(Cc3ccc(OCc4ccc(CC)cc4Cl)cc3C2)C1.CC[B-](F)(F)F.O=C([O-])O.[K+].[Na+].[Na+].[Pd].c1ccc(P(c2ccccc2)c2ccccc2)cc1.c1ccc(P(c2ccccc2)c2ccccc2)cc1.c1ccc(P(c2ccccc2)c2ccccc2)cc1.c1ccc(P(c2ccccc2)c2ccccc2)cc1. The Balaban J connectivity index is 0.000000193. The van der Waals surface area contributed by atoms with Crippen LogP contribution in [0.25, 0.3) is 0 Å². The van der Waals surface area contributed by atoms with Gasteiger partial charge in [-0.05, 0) is 212 Å². The van der Waals surface area contributed by atoms with Crippen molar-refractivity contribution in [1.29, 1.82) is 0 Å². The Kier molecular flexibility index (Phi) is 53.6. The van der Waals surface area contributed by atoms with Crippen molar-refractivity contribution in [2.45, 2.75) is 79.3 Å². The molecule has 0 aromatic heterocycles. The molecular weight excluding hydrogens is 2160 g/mol. The van der Waals surface area contributed by atoms with Crippen molar-refractivity contribution in [3.63, 3.8) is 0 Å². The number of carbonyl (C=O) groups excluding carboxylic acids is 2. The molecule has 0 amide bonds. The van der Waals surface area contributed by atoms with Gasteiger partial charge in [-0.25, -0.2) is 0 Å². The first-order valence-electron chi connectivity index (χ1n) is 47.9. The predicted molar refractivity (Wildman–Crippen MR) is 596 cm³/mol. The number of hydrogen-bond acceptors (Lipinski definition) is 10. The summed E-state index contributed by atoms with van der Waals surface area (Å²) in [6.07, 6.45) is 2.46. The maximum atomic E-state index is 11.7. The summed E-state index contributed by atoms with van der Waals surface area (Å²) in [7, 11) is -1.78. The van der Waals surface area contributed by atoms with Crippen LogP contribution in [0.15, 0.2) is 441 Å². The summed E-state index contributed by atoms with van der Waals surface area (Å²) in [5.74, 6) is 1.51. The van der Waals surface area contributed by atoms with Gasteiger partial charge in [0.15, 0.2) is 0 Å². The molecule has 26 heteroatoms. The molecule has 147 heavy (non-hydrogen) atoms. The molecule has 11 nitrogen and oxygen atoms in total. The quantitative estimate of drug-likeness (QED) is 0.0315. The number of benzene rings is 16. The second-order valence-electron chi connectivity index (χ2n) is 34.8. The van der Waals surface area contributed by atoms with Crippen LogP contribution in [-0.2, 0) is 84.8 Å². The standard InChI is InChI=1S/C24H28ClNO3.C22H23BrClNO3.4C18H15P.C2H5BF3.CH2O3.K.2Na.Pd/c1-3-17-5-6-19(22(25)9-17)14-29-21-8-7-18-11-24(12-20(18)10-21)15-26(16-24)13-23(27)28-4-2;1-2-27-21(26)11-25-13-22(14-25)9-15-4-6-19(7-17(15)10-22)28-12-16-3-5-18(23)8-20(16)24;4*1-4-10-16(11-5-1)19(17-12-6-2-7-13-17)18-14-8-3-9-15-18;1-2-3(4,5)6;2-1(3)4;;;;/h5-10H,3-4,11-16H2,1-2H3;3-8H,2,9-14H2,1H3;4*1-15H;2H2,1H3;(H2,2,3,4);;;;/q;;;;;;-1;;3*+1;/p-1. The number of aryl methyl sites for hydroxylation is 1. The number of halogens is 6. The van der Waals surface area contributed by atoms with E-state index < -0.39 is 51.1 Å². The number of carboxylic acid groups (broad SMARTS) is 2. The number of nitrogens with zero attached hydrogens (tertiary/aromatic N) is 2. The van der Waals surface area contributed by atoms with Crippen LogP contribution in [0.5, 0.6) is 11.5 Å². The normalized spacial score (nSPS) is 12.8. The first-order valence-corrected chi connectivity index (χ1v) is 54.9. The summed E-state index contributed by atoms with van der Waals surface area (Å²) < 4.78 is 55.6. The molecule has 16 aromatic carbocycles. The average Bonchev–Trinajstić information content (AvgIpc) is 1.60. The third kappa shape index (κ3) is 38.7. The maximum Gasteiger partial charge on any atom is 1.00 e. The van der Waals surface area contributed by atoms with E-state index in [9.17, 15) is 22.5 Å². The minimum Gasteiger partial charge on any atom is -0.565 e. The number of likely N-dealkylation sites (tertiary alicyclic amines) is 2. The van der Waals surface area contributed by atoms with Gasteiger partial charge in [-0.2, -0.15) is 0 Å². The average molecular weight is 2280 g/mol. The van der Waals surface area contributed by atoms with E-state index in [2.05, 4.69) is 439 Å². The fourth-order valence-electron chi connectivity index (χ4n) is 17.7. The zero-order valence-electron chi connectivity index (χ0n) is 83.9. The van der Waals surface area contributed by atoms with Gasteiger partial charge in [-0.1, -0.05) is 454 Å². The second kappa shape index (κ2) is 64.3. The summed E-state index contributed by atoms with van der Waals surface area (Å²) >= 11 is 16.1. The molecule has 0 unspecified atom stereocenters. The topological polar surface area (TPSA) is 138 Å². The molecule has 742 valence electrons. The van der Waals surface area contributed by atoms with Gasteiger partial charge >= 0.3 is 129 Å². The minimum absolute atomic E-state index is 0. The molecule has 2 aliphatic heterocycles. The van der Waals surface area contributed by atoms with Crippen LogP contribution in [0, 0.1) is 10.8 Å². The number of esters is 2. The van der Waals surface area contributed by atoms with E-state index in [1.54, 1.807) is 0 Å². The van der Waals surface area contributed by atoms with Gasteiger partial charge in [0.2, 0.25) is 6.16 Å². The number of hydrogen-bond donors (Lipinski definition) is 1. The van der Waals surface area contributed by atoms with E-state index in [1.165, 1.54) is 91.5 Å². The summed E-state index contributed by atoms with van der Waals surface area (Å²) in [6.45, 7) is 8.84. The number of carbonyl (C=O) groups is 3. The van der Waals surface area contributed by atoms with Crippen LogP contribution >= 0.6 is 70.8 Å². The fraction of sp³-hybridized carbons (Fsp3) is 0.182. The first-order chi connectivity index (χ1) is 69.5. The zero-order chi connectivity index (χ0) is 101. The van der Waals surface area contributed by atoms with Gasteiger partial charge < -0.3 is 46.9 Å². The molecular formula is C121H117BBrCl2F3KN2Na2O9P4Pd+. The predicted octanol–water partition coefficient (Wildman–Crippen LogP) is 14.6. The van der Waals surface area contributed by atoms with Crippen LogP contribution in [-0.4, -0.2) is 92.5 Å². The van der Waals surface area contributed by atoms with Crippen LogP contribution in [0.3, 0.4) is 0 Å². The van der Waals surface area contributed by atoms with Crippen molar-refractivity contribution in [2.75, 3.05) is 52.5 Å². The van der Waals surface area contributed by atoms with E-state index in [0.29, 0.717) is 44.5 Å². The van der Waals surface area contributed by atoms with E-state index in [4.69, 9.17) is 57.2 Å². The van der Waals surface area contributed by atoms with Gasteiger partial charge in [0, 0.05) is 83.1 Å². The molecule has 1 N–H and O–H groups in total. The Hall–Kier alpha value is -7.82. The molecule has 0 bridgehead atoms. The first kappa shape index (κ1) is 123. The smallest absolute Gasteiger partial charge is 0.565 e. The van der Waals surface area contributed by atoms with Crippen molar-refractivity contribution < 1.29 is 187 Å².